The van der Waals surface area contributed by atoms with Crippen LogP contribution in [-0.4, -0.2) is 11.1 Å². The molecule has 0 aliphatic rings. The molecule has 1 aromatic rings. The van der Waals surface area contributed by atoms with Gasteiger partial charge in [0.1, 0.15) is 5.54 Å². The van der Waals surface area contributed by atoms with Crippen molar-refractivity contribution in [3.8, 4) is 6.07 Å². The number of nitrogens with zero attached hydrogens (tertiary/aromatic N) is 1. The largest absolute Gasteiger partial charge is 0.480 e. The van der Waals surface area contributed by atoms with Crippen LogP contribution < -0.4 is 5.73 Å². The fraction of sp³-hybridized carbons (Fsp3) is 0.200. The van der Waals surface area contributed by atoms with E-state index < -0.39 is 11.5 Å². The lowest BCUT2D eigenvalue weighted by Gasteiger charge is -2.20. The van der Waals surface area contributed by atoms with E-state index in [1.54, 1.807) is 24.3 Å². The Kier molecular flexibility index (Phi) is 2.54. The van der Waals surface area contributed by atoms with Gasteiger partial charge in [0.05, 0.1) is 11.6 Å². The Hall–Kier alpha value is -1.86. The van der Waals surface area contributed by atoms with Gasteiger partial charge in [-0.2, -0.15) is 5.26 Å². The molecule has 0 amide bonds. The molecule has 14 heavy (non-hydrogen) atoms. The highest BCUT2D eigenvalue weighted by atomic mass is 16.4. The third-order valence-electron chi connectivity index (χ3n) is 2.05. The summed E-state index contributed by atoms with van der Waals surface area (Å²) in [6, 6.07) is 8.33. The molecule has 0 bridgehead atoms. The maximum absolute atomic E-state index is 10.9. The molecule has 1 unspecified atom stereocenters. The van der Waals surface area contributed by atoms with Gasteiger partial charge < -0.3 is 10.8 Å². The van der Waals surface area contributed by atoms with Crippen LogP contribution in [0.3, 0.4) is 0 Å². The lowest BCUT2D eigenvalue weighted by Crippen LogP contribution is -2.42. The van der Waals surface area contributed by atoms with Crippen molar-refractivity contribution >= 4 is 5.97 Å². The molecule has 0 aliphatic carbocycles. The number of carboxylic acids is 1. The molecule has 0 spiro atoms. The summed E-state index contributed by atoms with van der Waals surface area (Å²) in [6.07, 6.45) is 0. The van der Waals surface area contributed by atoms with Gasteiger partial charge in [-0.05, 0) is 13.0 Å². The molecule has 3 N–H and O–H groups in total. The van der Waals surface area contributed by atoms with E-state index in [0.29, 0.717) is 11.1 Å². The van der Waals surface area contributed by atoms with Crippen LogP contribution in [0.25, 0.3) is 0 Å². The zero-order valence-electron chi connectivity index (χ0n) is 7.69. The highest BCUT2D eigenvalue weighted by molar-refractivity contribution is 5.80. The van der Waals surface area contributed by atoms with Crippen molar-refractivity contribution < 1.29 is 9.90 Å². The van der Waals surface area contributed by atoms with Gasteiger partial charge in [0.25, 0.3) is 0 Å². The minimum atomic E-state index is -1.52. The minimum Gasteiger partial charge on any atom is -0.480 e. The first-order valence-corrected chi connectivity index (χ1v) is 4.02. The molecule has 0 saturated carbocycles. The van der Waals surface area contributed by atoms with Crippen molar-refractivity contribution in [2.75, 3.05) is 0 Å². The van der Waals surface area contributed by atoms with Gasteiger partial charge in [0, 0.05) is 5.56 Å². The van der Waals surface area contributed by atoms with Crippen molar-refractivity contribution in [3.05, 3.63) is 35.4 Å². The molecule has 0 saturated heterocycles. The molecular formula is C10H10N2O2. The van der Waals surface area contributed by atoms with E-state index in [-0.39, 0.29) is 0 Å². The zero-order valence-corrected chi connectivity index (χ0v) is 7.69. The number of nitriles is 1. The zero-order chi connectivity index (χ0) is 10.8. The van der Waals surface area contributed by atoms with Crippen molar-refractivity contribution in [1.82, 2.24) is 0 Å². The van der Waals surface area contributed by atoms with Crippen LogP contribution in [0.15, 0.2) is 24.3 Å². The second-order valence-corrected chi connectivity index (χ2v) is 3.16. The van der Waals surface area contributed by atoms with E-state index in [4.69, 9.17) is 16.1 Å². The van der Waals surface area contributed by atoms with E-state index in [1.165, 1.54) is 6.92 Å². The molecule has 0 radical (unpaired) electrons. The SMILES string of the molecule is CC(N)(C(=O)O)c1ccccc1C#N. The van der Waals surface area contributed by atoms with E-state index in [0.717, 1.165) is 0 Å². The summed E-state index contributed by atoms with van der Waals surface area (Å²) in [4.78, 5) is 10.9. The summed E-state index contributed by atoms with van der Waals surface area (Å²) >= 11 is 0. The quantitative estimate of drug-likeness (QED) is 0.722. The van der Waals surface area contributed by atoms with Crippen LogP contribution in [-0.2, 0) is 10.3 Å². The van der Waals surface area contributed by atoms with Gasteiger partial charge in [-0.25, -0.2) is 4.79 Å². The Morgan fingerprint density at radius 3 is 2.64 bits per heavy atom. The number of aliphatic carboxylic acids is 1. The van der Waals surface area contributed by atoms with E-state index in [2.05, 4.69) is 0 Å². The molecule has 4 nitrogen and oxygen atoms in total. The Balaban J connectivity index is 3.33. The summed E-state index contributed by atoms with van der Waals surface area (Å²) in [5.74, 6) is -1.15. The summed E-state index contributed by atoms with van der Waals surface area (Å²) in [5.41, 5.74) is 4.71. The van der Waals surface area contributed by atoms with Crippen LogP contribution in [0.4, 0.5) is 0 Å². The first kappa shape index (κ1) is 10.2. The number of carboxylic acid groups (broad SMARTS) is 1. The first-order valence-electron chi connectivity index (χ1n) is 4.02. The molecule has 1 atom stereocenters. The van der Waals surface area contributed by atoms with Crippen LogP contribution >= 0.6 is 0 Å². The van der Waals surface area contributed by atoms with Crippen LogP contribution in [0.5, 0.6) is 0 Å². The van der Waals surface area contributed by atoms with Gasteiger partial charge in [0.2, 0.25) is 0 Å². The number of hydrogen-bond acceptors (Lipinski definition) is 3. The molecule has 0 heterocycles. The van der Waals surface area contributed by atoms with Gasteiger partial charge >= 0.3 is 5.97 Å². The number of benzene rings is 1. The van der Waals surface area contributed by atoms with Crippen molar-refractivity contribution in [2.24, 2.45) is 5.73 Å². The third kappa shape index (κ3) is 1.58. The number of hydrogen-bond donors (Lipinski definition) is 2. The number of nitrogens with two attached hydrogens (primary N) is 1. The lowest BCUT2D eigenvalue weighted by molar-refractivity contribution is -0.143. The second kappa shape index (κ2) is 3.48. The molecule has 0 fully saturated rings. The molecule has 1 rings (SSSR count). The first-order chi connectivity index (χ1) is 6.50. The Morgan fingerprint density at radius 2 is 2.14 bits per heavy atom. The molecule has 0 aromatic heterocycles. The van der Waals surface area contributed by atoms with Crippen molar-refractivity contribution in [2.45, 2.75) is 12.5 Å². The van der Waals surface area contributed by atoms with E-state index in [1.807, 2.05) is 6.07 Å². The summed E-state index contributed by atoms with van der Waals surface area (Å²) in [6.45, 7) is 1.37. The maximum atomic E-state index is 10.9. The Morgan fingerprint density at radius 1 is 1.57 bits per heavy atom. The molecule has 0 aliphatic heterocycles. The topological polar surface area (TPSA) is 87.1 Å². The summed E-state index contributed by atoms with van der Waals surface area (Å²) in [5, 5.41) is 17.6. The fourth-order valence-corrected chi connectivity index (χ4v) is 1.15. The minimum absolute atomic E-state index is 0.292. The Labute approximate surface area is 81.6 Å². The van der Waals surface area contributed by atoms with Crippen molar-refractivity contribution in [1.29, 1.82) is 5.26 Å². The number of carbonyl (C=O) groups is 1. The van der Waals surface area contributed by atoms with Gasteiger partial charge in [-0.1, -0.05) is 18.2 Å². The molecule has 72 valence electrons. The average molecular weight is 190 g/mol. The van der Waals surface area contributed by atoms with Gasteiger partial charge in [-0.15, -0.1) is 0 Å². The normalized spacial score (nSPS) is 14.1. The molecule has 4 heteroatoms. The fourth-order valence-electron chi connectivity index (χ4n) is 1.15. The predicted molar refractivity (Wildman–Crippen MR) is 50.3 cm³/mol. The smallest absolute Gasteiger partial charge is 0.328 e. The number of rotatable bonds is 2. The monoisotopic (exact) mass is 190 g/mol. The standard InChI is InChI=1S/C10H10N2O2/c1-10(12,9(13)14)8-5-3-2-4-7(8)6-11/h2-5H,12H2,1H3,(H,13,14). The summed E-state index contributed by atoms with van der Waals surface area (Å²) in [7, 11) is 0. The molecular weight excluding hydrogens is 180 g/mol. The van der Waals surface area contributed by atoms with E-state index >= 15 is 0 Å². The maximum Gasteiger partial charge on any atom is 0.328 e. The third-order valence-corrected chi connectivity index (χ3v) is 2.05. The highest BCUT2D eigenvalue weighted by Crippen LogP contribution is 2.21. The molecule has 1 aromatic carbocycles. The highest BCUT2D eigenvalue weighted by Gasteiger charge is 2.32. The van der Waals surface area contributed by atoms with Gasteiger partial charge in [0.15, 0.2) is 0 Å². The van der Waals surface area contributed by atoms with Gasteiger partial charge in [-0.3, -0.25) is 0 Å². The Bertz CT molecular complexity index is 405. The predicted octanol–water partition coefficient (Wildman–Crippen LogP) is 0.817. The van der Waals surface area contributed by atoms with Crippen LogP contribution in [0.2, 0.25) is 0 Å². The van der Waals surface area contributed by atoms with Crippen LogP contribution in [0, 0.1) is 11.3 Å². The average Bonchev–Trinajstić information content (AvgIpc) is 2.17. The summed E-state index contributed by atoms with van der Waals surface area (Å²) < 4.78 is 0. The second-order valence-electron chi connectivity index (χ2n) is 3.16. The van der Waals surface area contributed by atoms with Crippen molar-refractivity contribution in [3.63, 3.8) is 0 Å². The van der Waals surface area contributed by atoms with Crippen LogP contribution in [0.1, 0.15) is 18.1 Å². The lowest BCUT2D eigenvalue weighted by atomic mass is 9.90. The van der Waals surface area contributed by atoms with E-state index in [9.17, 15) is 4.79 Å².